The van der Waals surface area contributed by atoms with Crippen LogP contribution in [0.5, 0.6) is 0 Å². The number of hydrogen-bond acceptors (Lipinski definition) is 2. The molecule has 0 aliphatic rings. The molecular weight excluding hydrogens is 210 g/mol. The number of furan rings is 1. The Balaban J connectivity index is 2.59. The van der Waals surface area contributed by atoms with Gasteiger partial charge in [0.2, 0.25) is 0 Å². The van der Waals surface area contributed by atoms with Crippen molar-refractivity contribution >= 4 is 0 Å². The van der Waals surface area contributed by atoms with Gasteiger partial charge in [-0.3, -0.25) is 0 Å². The van der Waals surface area contributed by atoms with Gasteiger partial charge in [-0.25, -0.2) is 0 Å². The van der Waals surface area contributed by atoms with Crippen LogP contribution in [0.3, 0.4) is 0 Å². The molecule has 0 amide bonds. The fourth-order valence-corrected chi connectivity index (χ4v) is 2.33. The molecular formula is C15H19NO. The van der Waals surface area contributed by atoms with Gasteiger partial charge in [0.1, 0.15) is 0 Å². The molecule has 1 heterocycles. The third-order valence-corrected chi connectivity index (χ3v) is 3.64. The molecule has 0 aliphatic heterocycles. The van der Waals surface area contributed by atoms with Gasteiger partial charge in [-0.1, -0.05) is 6.07 Å². The summed E-state index contributed by atoms with van der Waals surface area (Å²) in [6.45, 7) is 8.54. The zero-order chi connectivity index (χ0) is 12.6. The second-order valence-electron chi connectivity index (χ2n) is 4.71. The number of rotatable bonds is 2. The first-order valence-corrected chi connectivity index (χ1v) is 5.87. The van der Waals surface area contributed by atoms with Crippen molar-refractivity contribution < 1.29 is 4.42 Å². The van der Waals surface area contributed by atoms with Gasteiger partial charge < -0.3 is 10.2 Å². The first-order chi connectivity index (χ1) is 8.02. The average molecular weight is 229 g/mol. The fraction of sp³-hybridized carbons (Fsp3) is 0.333. The molecule has 2 N–H and O–H groups in total. The summed E-state index contributed by atoms with van der Waals surface area (Å²) in [5.74, 6) is 0. The topological polar surface area (TPSA) is 39.2 Å². The van der Waals surface area contributed by atoms with Gasteiger partial charge in [-0.05, 0) is 61.6 Å². The molecule has 2 nitrogen and oxygen atoms in total. The third kappa shape index (κ3) is 2.01. The molecule has 1 aromatic heterocycles. The largest absolute Gasteiger partial charge is 0.472 e. The zero-order valence-corrected chi connectivity index (χ0v) is 10.9. The number of nitrogens with two attached hydrogens (primary N) is 1. The quantitative estimate of drug-likeness (QED) is 0.855. The van der Waals surface area contributed by atoms with Crippen molar-refractivity contribution in [3.8, 4) is 0 Å². The summed E-state index contributed by atoms with van der Waals surface area (Å²) in [6, 6.07) is 4.05. The minimum absolute atomic E-state index is 0.104. The van der Waals surface area contributed by atoms with Crippen LogP contribution in [0.1, 0.15) is 39.4 Å². The van der Waals surface area contributed by atoms with Crippen molar-refractivity contribution in [1.82, 2.24) is 0 Å². The highest BCUT2D eigenvalue weighted by Gasteiger charge is 2.17. The van der Waals surface area contributed by atoms with E-state index in [2.05, 4.69) is 33.8 Å². The van der Waals surface area contributed by atoms with E-state index in [1.807, 2.05) is 6.07 Å². The predicted molar refractivity (Wildman–Crippen MR) is 70.1 cm³/mol. The van der Waals surface area contributed by atoms with Crippen molar-refractivity contribution in [2.45, 2.75) is 33.7 Å². The molecule has 0 radical (unpaired) electrons. The van der Waals surface area contributed by atoms with Crippen molar-refractivity contribution in [3.63, 3.8) is 0 Å². The molecule has 0 fully saturated rings. The molecule has 90 valence electrons. The summed E-state index contributed by atoms with van der Waals surface area (Å²) in [6.07, 6.45) is 3.39. The Bertz CT molecular complexity index is 500. The minimum atomic E-state index is -0.104. The maximum Gasteiger partial charge on any atom is 0.0953 e. The highest BCUT2D eigenvalue weighted by molar-refractivity contribution is 5.48. The van der Waals surface area contributed by atoms with Crippen LogP contribution in [0.25, 0.3) is 0 Å². The van der Waals surface area contributed by atoms with Gasteiger partial charge in [-0.15, -0.1) is 0 Å². The molecule has 1 unspecified atom stereocenters. The lowest BCUT2D eigenvalue weighted by Gasteiger charge is -2.20. The van der Waals surface area contributed by atoms with Gasteiger partial charge >= 0.3 is 0 Å². The van der Waals surface area contributed by atoms with Gasteiger partial charge in [0.05, 0.1) is 18.6 Å². The van der Waals surface area contributed by atoms with Gasteiger partial charge in [-0.2, -0.15) is 0 Å². The Morgan fingerprint density at radius 1 is 1.06 bits per heavy atom. The molecule has 2 aromatic rings. The summed E-state index contributed by atoms with van der Waals surface area (Å²) >= 11 is 0. The molecule has 1 atom stereocenters. The number of benzene rings is 1. The fourth-order valence-electron chi connectivity index (χ4n) is 2.33. The molecule has 2 heteroatoms. The molecule has 1 aromatic carbocycles. The summed E-state index contributed by atoms with van der Waals surface area (Å²) in [5.41, 5.74) is 13.7. The second kappa shape index (κ2) is 4.38. The van der Waals surface area contributed by atoms with E-state index < -0.39 is 0 Å². The van der Waals surface area contributed by atoms with E-state index in [1.54, 1.807) is 12.5 Å². The molecule has 0 spiro atoms. The normalized spacial score (nSPS) is 12.8. The Morgan fingerprint density at radius 2 is 1.65 bits per heavy atom. The lowest BCUT2D eigenvalue weighted by Crippen LogP contribution is -2.15. The Labute approximate surface area is 102 Å². The Hall–Kier alpha value is -1.54. The van der Waals surface area contributed by atoms with Crippen LogP contribution in [0.4, 0.5) is 0 Å². The Morgan fingerprint density at radius 3 is 2.12 bits per heavy atom. The molecule has 2 rings (SSSR count). The van der Waals surface area contributed by atoms with Crippen LogP contribution < -0.4 is 5.73 Å². The molecule has 17 heavy (non-hydrogen) atoms. The van der Waals surface area contributed by atoms with Crippen LogP contribution >= 0.6 is 0 Å². The van der Waals surface area contributed by atoms with E-state index >= 15 is 0 Å². The molecule has 0 saturated heterocycles. The van der Waals surface area contributed by atoms with Gasteiger partial charge in [0.15, 0.2) is 0 Å². The maximum absolute atomic E-state index is 6.34. The highest BCUT2D eigenvalue weighted by atomic mass is 16.3. The maximum atomic E-state index is 6.34. The zero-order valence-electron chi connectivity index (χ0n) is 10.9. The van der Waals surface area contributed by atoms with Crippen molar-refractivity contribution in [1.29, 1.82) is 0 Å². The van der Waals surface area contributed by atoms with Crippen LogP contribution in [0.2, 0.25) is 0 Å². The molecule has 0 bridgehead atoms. The van der Waals surface area contributed by atoms with E-state index in [-0.39, 0.29) is 6.04 Å². The third-order valence-electron chi connectivity index (χ3n) is 3.64. The average Bonchev–Trinajstić information content (AvgIpc) is 2.80. The summed E-state index contributed by atoms with van der Waals surface area (Å²) in [7, 11) is 0. The van der Waals surface area contributed by atoms with Crippen molar-refractivity contribution in [2.24, 2.45) is 5.73 Å². The minimum Gasteiger partial charge on any atom is -0.472 e. The molecule has 0 aliphatic carbocycles. The van der Waals surface area contributed by atoms with Crippen LogP contribution in [-0.2, 0) is 0 Å². The van der Waals surface area contributed by atoms with Crippen molar-refractivity contribution in [3.05, 3.63) is 58.0 Å². The predicted octanol–water partition coefficient (Wildman–Crippen LogP) is 3.56. The number of aryl methyl sites for hydroxylation is 2. The SMILES string of the molecule is Cc1cc(C)c(C)c(C(N)c2ccoc2)c1C. The van der Waals surface area contributed by atoms with Crippen LogP contribution in [0, 0.1) is 27.7 Å². The van der Waals surface area contributed by atoms with E-state index in [4.69, 9.17) is 10.2 Å². The Kier molecular flexibility index (Phi) is 3.07. The van der Waals surface area contributed by atoms with E-state index in [9.17, 15) is 0 Å². The summed E-state index contributed by atoms with van der Waals surface area (Å²) < 4.78 is 5.12. The van der Waals surface area contributed by atoms with E-state index in [0.717, 1.165) is 5.56 Å². The first-order valence-electron chi connectivity index (χ1n) is 5.87. The lowest BCUT2D eigenvalue weighted by molar-refractivity contribution is 0.562. The van der Waals surface area contributed by atoms with E-state index in [0.29, 0.717) is 0 Å². The lowest BCUT2D eigenvalue weighted by atomic mass is 9.88. The standard InChI is InChI=1S/C15H19NO/c1-9-7-10(2)12(4)14(11(9)3)15(16)13-5-6-17-8-13/h5-8,15H,16H2,1-4H3. The number of hydrogen-bond donors (Lipinski definition) is 1. The van der Waals surface area contributed by atoms with Gasteiger partial charge in [0, 0.05) is 5.56 Å². The summed E-state index contributed by atoms with van der Waals surface area (Å²) in [4.78, 5) is 0. The molecule has 0 saturated carbocycles. The van der Waals surface area contributed by atoms with Gasteiger partial charge in [0.25, 0.3) is 0 Å². The second-order valence-corrected chi connectivity index (χ2v) is 4.71. The first kappa shape index (κ1) is 11.9. The van der Waals surface area contributed by atoms with E-state index in [1.165, 1.54) is 27.8 Å². The van der Waals surface area contributed by atoms with Crippen LogP contribution in [-0.4, -0.2) is 0 Å². The van der Waals surface area contributed by atoms with Crippen molar-refractivity contribution in [2.75, 3.05) is 0 Å². The highest BCUT2D eigenvalue weighted by Crippen LogP contribution is 2.30. The smallest absolute Gasteiger partial charge is 0.0953 e. The summed E-state index contributed by atoms with van der Waals surface area (Å²) in [5, 5.41) is 0. The monoisotopic (exact) mass is 229 g/mol. The van der Waals surface area contributed by atoms with Crippen LogP contribution in [0.15, 0.2) is 29.1 Å².